The van der Waals surface area contributed by atoms with Gasteiger partial charge in [0.1, 0.15) is 0 Å². The molecule has 0 amide bonds. The number of unbranched alkanes of at least 4 members (excludes halogenated alkanes) is 15. The van der Waals surface area contributed by atoms with Crippen LogP contribution in [0.15, 0.2) is 30.3 Å². The fraction of sp³-hybridized carbons (Fsp3) is 0.621. The Bertz CT molecular complexity index is 941. The lowest BCUT2D eigenvalue weighted by molar-refractivity contribution is 0.0695. The molecule has 0 saturated carbocycles. The minimum absolute atomic E-state index is 0.0105. The van der Waals surface area contributed by atoms with Crippen molar-refractivity contribution in [1.82, 2.24) is 0 Å². The minimum Gasteiger partial charge on any atom is -0.478 e. The lowest BCUT2D eigenvalue weighted by Gasteiger charge is -2.09. The Morgan fingerprint density at radius 2 is 1.24 bits per heavy atom. The van der Waals surface area contributed by atoms with E-state index in [9.17, 15) is 16.0 Å². The van der Waals surface area contributed by atoms with Gasteiger partial charge in [0, 0.05) is 0 Å². The van der Waals surface area contributed by atoms with Crippen LogP contribution in [-0.4, -0.2) is 11.1 Å². The van der Waals surface area contributed by atoms with Crippen LogP contribution in [0.5, 0.6) is 0 Å². The molecular formula is C29H43IO4. The highest BCUT2D eigenvalue weighted by molar-refractivity contribution is 14.2. The molecule has 0 spiro atoms. The summed E-state index contributed by atoms with van der Waals surface area (Å²) in [5, 5.41) is 11.0. The third-order valence-corrected chi connectivity index (χ3v) is 8.60. The van der Waals surface area contributed by atoms with Crippen LogP contribution in [0.25, 0.3) is 10.8 Å². The van der Waals surface area contributed by atoms with Crippen molar-refractivity contribution in [2.45, 2.75) is 116 Å². The number of carbonyl (C=O) groups is 1. The summed E-state index contributed by atoms with van der Waals surface area (Å²) in [6.07, 6.45) is 22.3. The SMILES string of the molecule is CCCCCCCCCCCCCCCCCCc1cccc2cc(C(=O)O)c(I(=O)=O)cc12. The van der Waals surface area contributed by atoms with Crippen molar-refractivity contribution in [1.29, 1.82) is 0 Å². The molecule has 190 valence electrons. The van der Waals surface area contributed by atoms with E-state index in [4.69, 9.17) is 0 Å². The normalized spacial score (nSPS) is 11.5. The van der Waals surface area contributed by atoms with Crippen LogP contribution in [0, 0.1) is 3.57 Å². The molecule has 0 radical (unpaired) electrons. The number of benzene rings is 2. The number of fused-ring (bicyclic) bond motifs is 1. The number of aromatic carboxylic acids is 1. The Kier molecular flexibility index (Phi) is 14.4. The summed E-state index contributed by atoms with van der Waals surface area (Å²) in [5.74, 6) is -1.19. The first-order valence-corrected chi connectivity index (χ1v) is 16.2. The van der Waals surface area contributed by atoms with Crippen molar-refractivity contribution in [3.8, 4) is 0 Å². The van der Waals surface area contributed by atoms with Gasteiger partial charge >= 0.3 is 25.8 Å². The van der Waals surface area contributed by atoms with Gasteiger partial charge in [-0.25, -0.2) is 10.9 Å². The largest absolute Gasteiger partial charge is 0.478 e. The summed E-state index contributed by atoms with van der Waals surface area (Å²) >= 11 is -3.88. The number of halogens is 1. The summed E-state index contributed by atoms with van der Waals surface area (Å²) in [7, 11) is 0. The van der Waals surface area contributed by atoms with E-state index < -0.39 is 25.8 Å². The molecule has 0 saturated heterocycles. The van der Waals surface area contributed by atoms with Gasteiger partial charge in [0.2, 0.25) is 0 Å². The van der Waals surface area contributed by atoms with E-state index in [1.807, 2.05) is 18.2 Å². The summed E-state index contributed by atoms with van der Waals surface area (Å²) < 4.78 is 23.3. The summed E-state index contributed by atoms with van der Waals surface area (Å²) in [5.41, 5.74) is 1.00. The van der Waals surface area contributed by atoms with Gasteiger partial charge in [-0.1, -0.05) is 121 Å². The Morgan fingerprint density at radius 3 is 1.71 bits per heavy atom. The number of aryl methyl sites for hydroxylation is 1. The molecule has 2 aromatic carbocycles. The van der Waals surface area contributed by atoms with E-state index in [0.29, 0.717) is 0 Å². The van der Waals surface area contributed by atoms with Gasteiger partial charge in [0.05, 0.1) is 9.13 Å². The standard InChI is InChI=1S/C29H43IO4/c1-2-3-4-5-6-7-8-9-10-11-12-13-14-15-16-17-19-24-20-18-21-25-22-27(29(31)32)28(30(33)34)23-26(24)25/h18,20-23H,2-17,19H2,1H3,(H,31,32). The Labute approximate surface area is 213 Å². The van der Waals surface area contributed by atoms with Gasteiger partial charge in [-0.15, -0.1) is 0 Å². The quantitative estimate of drug-likeness (QED) is 0.132. The first-order chi connectivity index (χ1) is 16.5. The Hall–Kier alpha value is -1.50. The summed E-state index contributed by atoms with van der Waals surface area (Å²) in [4.78, 5) is 11.4. The Morgan fingerprint density at radius 1 is 0.735 bits per heavy atom. The van der Waals surface area contributed by atoms with Crippen molar-refractivity contribution in [3.05, 3.63) is 45.0 Å². The first-order valence-electron chi connectivity index (χ1n) is 13.4. The van der Waals surface area contributed by atoms with Crippen LogP contribution in [0.3, 0.4) is 0 Å². The number of carboxylic acid groups (broad SMARTS) is 1. The van der Waals surface area contributed by atoms with E-state index >= 15 is 0 Å². The van der Waals surface area contributed by atoms with E-state index in [1.165, 1.54) is 102 Å². The van der Waals surface area contributed by atoms with Gasteiger partial charge in [-0.05, 0) is 41.3 Å². The smallest absolute Gasteiger partial charge is 0.341 e. The van der Waals surface area contributed by atoms with Crippen LogP contribution in [0.2, 0.25) is 0 Å². The molecule has 1 N–H and O–H groups in total. The summed E-state index contributed by atoms with van der Waals surface area (Å²) in [6, 6.07) is 8.90. The molecular weight excluding hydrogens is 539 g/mol. The number of carboxylic acids is 1. The predicted octanol–water partition coefficient (Wildman–Crippen LogP) is 9.71. The molecule has 0 aliphatic heterocycles. The highest BCUT2D eigenvalue weighted by Crippen LogP contribution is 2.30. The minimum atomic E-state index is -3.88. The molecule has 0 unspecified atom stereocenters. The molecule has 0 aliphatic rings. The molecule has 2 rings (SSSR count). The number of hydrogen-bond acceptors (Lipinski definition) is 3. The van der Waals surface area contributed by atoms with Crippen LogP contribution in [0.1, 0.15) is 126 Å². The van der Waals surface area contributed by atoms with Crippen molar-refractivity contribution >= 4 is 36.5 Å². The van der Waals surface area contributed by atoms with E-state index in [1.54, 1.807) is 6.07 Å². The van der Waals surface area contributed by atoms with E-state index in [2.05, 4.69) is 6.92 Å². The third-order valence-electron chi connectivity index (χ3n) is 6.75. The van der Waals surface area contributed by atoms with Crippen molar-refractivity contribution < 1.29 is 16.0 Å². The molecule has 0 aliphatic carbocycles. The zero-order chi connectivity index (χ0) is 24.6. The molecule has 2 aromatic rings. The van der Waals surface area contributed by atoms with Gasteiger partial charge in [0.25, 0.3) is 0 Å². The van der Waals surface area contributed by atoms with Crippen molar-refractivity contribution in [2.75, 3.05) is 0 Å². The summed E-state index contributed by atoms with van der Waals surface area (Å²) in [6.45, 7) is 2.27. The third kappa shape index (κ3) is 10.4. The first kappa shape index (κ1) is 28.7. The lowest BCUT2D eigenvalue weighted by atomic mass is 9.97. The zero-order valence-electron chi connectivity index (χ0n) is 21.0. The second-order valence-electron chi connectivity index (χ2n) is 9.55. The topological polar surface area (TPSA) is 71.4 Å². The molecule has 0 heterocycles. The van der Waals surface area contributed by atoms with Gasteiger partial charge in [-0.2, -0.15) is 0 Å². The molecule has 0 fully saturated rings. The van der Waals surface area contributed by atoms with Gasteiger partial charge in [-0.3, -0.25) is 0 Å². The number of hydrogen-bond donors (Lipinski definition) is 1. The zero-order valence-corrected chi connectivity index (χ0v) is 23.1. The van der Waals surface area contributed by atoms with Crippen molar-refractivity contribution in [3.63, 3.8) is 0 Å². The van der Waals surface area contributed by atoms with Gasteiger partial charge < -0.3 is 5.11 Å². The van der Waals surface area contributed by atoms with Crippen LogP contribution in [0.4, 0.5) is 0 Å². The Balaban J connectivity index is 1.60. The van der Waals surface area contributed by atoms with Crippen LogP contribution >= 0.6 is 19.8 Å². The predicted molar refractivity (Wildman–Crippen MR) is 148 cm³/mol. The van der Waals surface area contributed by atoms with E-state index in [0.717, 1.165) is 29.2 Å². The fourth-order valence-electron chi connectivity index (χ4n) is 4.74. The highest BCUT2D eigenvalue weighted by atomic mass is 127. The van der Waals surface area contributed by atoms with Crippen molar-refractivity contribution in [2.24, 2.45) is 0 Å². The average molecular weight is 583 g/mol. The monoisotopic (exact) mass is 582 g/mol. The maximum Gasteiger partial charge on any atom is 0.341 e. The van der Waals surface area contributed by atoms with E-state index in [-0.39, 0.29) is 9.13 Å². The number of rotatable bonds is 19. The maximum atomic E-state index is 11.7. The van der Waals surface area contributed by atoms with Crippen LogP contribution < -0.4 is 0 Å². The fourth-order valence-corrected chi connectivity index (χ4v) is 6.16. The average Bonchev–Trinajstić information content (AvgIpc) is 2.82. The molecule has 0 atom stereocenters. The highest BCUT2D eigenvalue weighted by Gasteiger charge is 2.16. The molecule has 5 heteroatoms. The van der Waals surface area contributed by atoms with Gasteiger partial charge in [0.15, 0.2) is 0 Å². The molecule has 0 bridgehead atoms. The second kappa shape index (κ2) is 17.0. The molecule has 0 aromatic heterocycles. The second-order valence-corrected chi connectivity index (χ2v) is 11.9. The lowest BCUT2D eigenvalue weighted by Crippen LogP contribution is -2.01. The molecule has 34 heavy (non-hydrogen) atoms. The van der Waals surface area contributed by atoms with Crippen LogP contribution in [-0.2, 0) is 12.6 Å². The maximum absolute atomic E-state index is 11.7. The molecule has 4 nitrogen and oxygen atoms in total.